The number of aromatic nitrogens is 1. The van der Waals surface area contributed by atoms with Gasteiger partial charge in [0.05, 0.1) is 21.3 Å². The Bertz CT molecular complexity index is 600. The normalized spacial score (nSPS) is 25.3. The van der Waals surface area contributed by atoms with Crippen molar-refractivity contribution in [1.29, 1.82) is 0 Å². The molecule has 5 nitrogen and oxygen atoms in total. The summed E-state index contributed by atoms with van der Waals surface area (Å²) >= 11 is 1.66. The highest BCUT2D eigenvalue weighted by Gasteiger charge is 2.34. The summed E-state index contributed by atoms with van der Waals surface area (Å²) in [6, 6.07) is 7.75. The highest BCUT2D eigenvalue weighted by atomic mass is 32.1. The summed E-state index contributed by atoms with van der Waals surface area (Å²) in [4.78, 5) is 16.5. The second-order valence-electron chi connectivity index (χ2n) is 5.52. The molecule has 21 heavy (non-hydrogen) atoms. The third-order valence-electron chi connectivity index (χ3n) is 3.92. The molecule has 1 amide bonds. The molecule has 6 heteroatoms. The topological polar surface area (TPSA) is 88.2 Å². The Hall–Kier alpha value is -1.50. The lowest BCUT2D eigenvalue weighted by atomic mass is 10.1. The zero-order valence-electron chi connectivity index (χ0n) is 11.7. The minimum absolute atomic E-state index is 0.0110. The molecule has 0 bridgehead atoms. The third-order valence-corrected chi connectivity index (χ3v) is 5.02. The van der Waals surface area contributed by atoms with E-state index >= 15 is 0 Å². The Morgan fingerprint density at radius 2 is 2.24 bits per heavy atom. The molecule has 1 saturated carbocycles. The van der Waals surface area contributed by atoms with Crippen molar-refractivity contribution in [2.45, 2.75) is 31.4 Å². The Kier molecular flexibility index (Phi) is 4.19. The minimum Gasteiger partial charge on any atom is -0.391 e. The van der Waals surface area contributed by atoms with E-state index in [-0.39, 0.29) is 17.9 Å². The predicted molar refractivity (Wildman–Crippen MR) is 83.0 cm³/mol. The number of aliphatic hydroxyl groups excluding tert-OH is 1. The molecule has 0 radical (unpaired) electrons. The molecule has 1 fully saturated rings. The number of nitrogens with two attached hydrogens (primary N) is 1. The average Bonchev–Trinajstić information content (AvgIpc) is 3.02. The van der Waals surface area contributed by atoms with Crippen LogP contribution in [0.15, 0.2) is 24.3 Å². The number of aliphatic hydroxyl groups is 1. The molecule has 4 N–H and O–H groups in total. The van der Waals surface area contributed by atoms with Crippen LogP contribution in [0.5, 0.6) is 0 Å². The van der Waals surface area contributed by atoms with Crippen LogP contribution in [-0.4, -0.2) is 34.7 Å². The summed E-state index contributed by atoms with van der Waals surface area (Å²) in [6.07, 6.45) is 1.21. The molecule has 3 atom stereocenters. The first kappa shape index (κ1) is 14.4. The molecule has 3 rings (SSSR count). The molecule has 112 valence electrons. The summed E-state index contributed by atoms with van der Waals surface area (Å²) in [6.45, 7) is 0.570. The van der Waals surface area contributed by atoms with Gasteiger partial charge < -0.3 is 16.2 Å². The van der Waals surface area contributed by atoms with Crippen molar-refractivity contribution in [3.63, 3.8) is 0 Å². The van der Waals surface area contributed by atoms with E-state index < -0.39 is 6.10 Å². The van der Waals surface area contributed by atoms with Crippen molar-refractivity contribution in [2.24, 2.45) is 11.7 Å². The van der Waals surface area contributed by atoms with E-state index in [0.717, 1.165) is 16.9 Å². The number of hydrogen-bond acceptors (Lipinski definition) is 5. The first-order valence-electron chi connectivity index (χ1n) is 7.19. The molecule has 0 aliphatic heterocycles. The van der Waals surface area contributed by atoms with Gasteiger partial charge in [-0.3, -0.25) is 4.79 Å². The van der Waals surface area contributed by atoms with Crippen LogP contribution in [-0.2, 0) is 11.2 Å². The number of nitrogens with zero attached hydrogens (tertiary/aromatic N) is 1. The third kappa shape index (κ3) is 3.23. The summed E-state index contributed by atoms with van der Waals surface area (Å²) in [5, 5.41) is 13.5. The molecular formula is C15H19N3O2S. The predicted octanol–water partition coefficient (Wildman–Crippen LogP) is 1.05. The SMILES string of the molecule is N[C@@H]1C[C@H](C(=O)NCCc2nc3ccccc3s2)C[C@H]1O. The van der Waals surface area contributed by atoms with Gasteiger partial charge >= 0.3 is 0 Å². The van der Waals surface area contributed by atoms with E-state index in [9.17, 15) is 9.90 Å². The second kappa shape index (κ2) is 6.09. The van der Waals surface area contributed by atoms with E-state index in [1.54, 1.807) is 11.3 Å². The highest BCUT2D eigenvalue weighted by Crippen LogP contribution is 2.25. The fraction of sp³-hybridized carbons (Fsp3) is 0.467. The molecule has 1 aliphatic carbocycles. The number of carbonyl (C=O) groups is 1. The summed E-state index contributed by atoms with van der Waals surface area (Å²) in [5.41, 5.74) is 6.74. The summed E-state index contributed by atoms with van der Waals surface area (Å²) in [7, 11) is 0. The number of para-hydroxylation sites is 1. The van der Waals surface area contributed by atoms with Gasteiger partial charge in [-0.25, -0.2) is 4.98 Å². The van der Waals surface area contributed by atoms with Crippen molar-refractivity contribution in [2.75, 3.05) is 6.54 Å². The van der Waals surface area contributed by atoms with E-state index in [2.05, 4.69) is 16.4 Å². The number of nitrogens with one attached hydrogen (secondary N) is 1. The number of carbonyl (C=O) groups excluding carboxylic acids is 1. The van der Waals surface area contributed by atoms with Crippen LogP contribution in [0, 0.1) is 5.92 Å². The smallest absolute Gasteiger partial charge is 0.223 e. The molecule has 0 unspecified atom stereocenters. The average molecular weight is 305 g/mol. The first-order chi connectivity index (χ1) is 10.1. The van der Waals surface area contributed by atoms with Crippen LogP contribution < -0.4 is 11.1 Å². The number of thiazole rings is 1. The van der Waals surface area contributed by atoms with Crippen LogP contribution in [0.3, 0.4) is 0 Å². The van der Waals surface area contributed by atoms with Crippen molar-refractivity contribution in [3.05, 3.63) is 29.3 Å². The molecule has 0 spiro atoms. The maximum absolute atomic E-state index is 12.0. The fourth-order valence-corrected chi connectivity index (χ4v) is 3.69. The van der Waals surface area contributed by atoms with Gasteiger partial charge in [-0.1, -0.05) is 12.1 Å². The molecule has 2 aromatic rings. The van der Waals surface area contributed by atoms with Gasteiger partial charge in [-0.05, 0) is 25.0 Å². The second-order valence-corrected chi connectivity index (χ2v) is 6.63. The zero-order valence-corrected chi connectivity index (χ0v) is 12.5. The lowest BCUT2D eigenvalue weighted by Gasteiger charge is -2.09. The zero-order chi connectivity index (χ0) is 14.8. The Balaban J connectivity index is 1.50. The standard InChI is InChI=1S/C15H19N3O2S/c16-10-7-9(8-12(10)19)15(20)17-6-5-14-18-11-3-1-2-4-13(11)21-14/h1-4,9-10,12,19H,5-8,16H2,(H,17,20)/t9-,10+,12+/m0/s1. The van der Waals surface area contributed by atoms with E-state index in [0.29, 0.717) is 19.4 Å². The van der Waals surface area contributed by atoms with Crippen LogP contribution >= 0.6 is 11.3 Å². The number of benzene rings is 1. The van der Waals surface area contributed by atoms with Gasteiger partial charge in [0.1, 0.15) is 0 Å². The number of fused-ring (bicyclic) bond motifs is 1. The van der Waals surface area contributed by atoms with Crippen molar-refractivity contribution >= 4 is 27.5 Å². The van der Waals surface area contributed by atoms with Gasteiger partial charge in [0, 0.05) is 24.9 Å². The fourth-order valence-electron chi connectivity index (χ4n) is 2.73. The maximum atomic E-state index is 12.0. The lowest BCUT2D eigenvalue weighted by Crippen LogP contribution is -2.32. The maximum Gasteiger partial charge on any atom is 0.223 e. The van der Waals surface area contributed by atoms with Gasteiger partial charge in [0.2, 0.25) is 5.91 Å². The van der Waals surface area contributed by atoms with E-state index in [1.165, 1.54) is 4.70 Å². The number of amides is 1. The van der Waals surface area contributed by atoms with E-state index in [1.807, 2.05) is 18.2 Å². The summed E-state index contributed by atoms with van der Waals surface area (Å²) < 4.78 is 1.17. The molecule has 1 aliphatic rings. The molecule has 1 heterocycles. The molecule has 1 aromatic carbocycles. The van der Waals surface area contributed by atoms with Crippen molar-refractivity contribution in [1.82, 2.24) is 10.3 Å². The number of rotatable bonds is 4. The Morgan fingerprint density at radius 3 is 2.95 bits per heavy atom. The highest BCUT2D eigenvalue weighted by molar-refractivity contribution is 7.18. The van der Waals surface area contributed by atoms with Crippen LogP contribution in [0.1, 0.15) is 17.8 Å². The van der Waals surface area contributed by atoms with Crippen molar-refractivity contribution in [3.8, 4) is 0 Å². The largest absolute Gasteiger partial charge is 0.391 e. The Labute approximate surface area is 127 Å². The monoisotopic (exact) mass is 305 g/mol. The minimum atomic E-state index is -0.551. The van der Waals surface area contributed by atoms with E-state index in [4.69, 9.17) is 5.73 Å². The lowest BCUT2D eigenvalue weighted by molar-refractivity contribution is -0.125. The van der Waals surface area contributed by atoms with Crippen molar-refractivity contribution < 1.29 is 9.90 Å². The van der Waals surface area contributed by atoms with Gasteiger partial charge in [0.15, 0.2) is 0 Å². The molecule has 0 saturated heterocycles. The van der Waals surface area contributed by atoms with Crippen LogP contribution in [0.2, 0.25) is 0 Å². The van der Waals surface area contributed by atoms with Crippen LogP contribution in [0.25, 0.3) is 10.2 Å². The van der Waals surface area contributed by atoms with Crippen LogP contribution in [0.4, 0.5) is 0 Å². The van der Waals surface area contributed by atoms with Gasteiger partial charge in [-0.15, -0.1) is 11.3 Å². The quantitative estimate of drug-likeness (QED) is 0.788. The van der Waals surface area contributed by atoms with Gasteiger partial charge in [-0.2, -0.15) is 0 Å². The van der Waals surface area contributed by atoms with Gasteiger partial charge in [0.25, 0.3) is 0 Å². The summed E-state index contributed by atoms with van der Waals surface area (Å²) in [5.74, 6) is -0.173. The molecule has 1 aromatic heterocycles. The Morgan fingerprint density at radius 1 is 1.43 bits per heavy atom. The number of hydrogen-bond donors (Lipinski definition) is 3. The molecular weight excluding hydrogens is 286 g/mol. The first-order valence-corrected chi connectivity index (χ1v) is 8.01.